The highest BCUT2D eigenvalue weighted by atomic mass is 16.3. The standard InChI is InChI=1S/C14H22N2O/c1-11-5-4-6-12(9-11)14(17)13-10-15(2)7-8-16(13)3/h4-6,9,13-14,17H,7-8,10H2,1-3H3. The second kappa shape index (κ2) is 5.17. The van der Waals surface area contributed by atoms with Gasteiger partial charge in [0.05, 0.1) is 12.1 Å². The molecule has 1 aromatic rings. The summed E-state index contributed by atoms with van der Waals surface area (Å²) in [7, 11) is 4.21. The summed E-state index contributed by atoms with van der Waals surface area (Å²) in [6.07, 6.45) is -0.400. The smallest absolute Gasteiger partial charge is 0.0957 e. The van der Waals surface area contributed by atoms with Crippen molar-refractivity contribution in [1.82, 2.24) is 9.80 Å². The Balaban J connectivity index is 2.15. The maximum atomic E-state index is 10.5. The maximum absolute atomic E-state index is 10.5. The highest BCUT2D eigenvalue weighted by Crippen LogP contribution is 2.23. The van der Waals surface area contributed by atoms with Gasteiger partial charge in [-0.15, -0.1) is 0 Å². The summed E-state index contributed by atoms with van der Waals surface area (Å²) in [6, 6.07) is 8.36. The first kappa shape index (κ1) is 12.6. The molecule has 2 atom stereocenters. The molecule has 2 unspecified atom stereocenters. The van der Waals surface area contributed by atoms with E-state index in [0.717, 1.165) is 25.2 Å². The second-order valence-electron chi connectivity index (χ2n) is 5.17. The number of aliphatic hydroxyl groups excluding tert-OH is 1. The van der Waals surface area contributed by atoms with Gasteiger partial charge in [-0.3, -0.25) is 4.90 Å². The van der Waals surface area contributed by atoms with Crippen LogP contribution in [0.1, 0.15) is 17.2 Å². The third-order valence-electron chi connectivity index (χ3n) is 3.65. The van der Waals surface area contributed by atoms with E-state index in [9.17, 15) is 5.11 Å². The highest BCUT2D eigenvalue weighted by Gasteiger charge is 2.29. The van der Waals surface area contributed by atoms with E-state index >= 15 is 0 Å². The van der Waals surface area contributed by atoms with Crippen LogP contribution in [0.2, 0.25) is 0 Å². The number of likely N-dealkylation sites (N-methyl/N-ethyl adjacent to an activating group) is 2. The van der Waals surface area contributed by atoms with Crippen molar-refractivity contribution in [3.63, 3.8) is 0 Å². The van der Waals surface area contributed by atoms with Crippen molar-refractivity contribution < 1.29 is 5.11 Å². The van der Waals surface area contributed by atoms with Crippen molar-refractivity contribution in [2.24, 2.45) is 0 Å². The molecule has 1 aliphatic rings. The van der Waals surface area contributed by atoms with Crippen LogP contribution in [-0.4, -0.2) is 54.7 Å². The first-order valence-electron chi connectivity index (χ1n) is 6.21. The Morgan fingerprint density at radius 3 is 2.76 bits per heavy atom. The molecule has 0 saturated carbocycles. The molecule has 1 aliphatic heterocycles. The van der Waals surface area contributed by atoms with Gasteiger partial charge in [-0.1, -0.05) is 29.8 Å². The van der Waals surface area contributed by atoms with Crippen LogP contribution in [0.3, 0.4) is 0 Å². The van der Waals surface area contributed by atoms with E-state index in [-0.39, 0.29) is 6.04 Å². The molecule has 0 spiro atoms. The van der Waals surface area contributed by atoms with Gasteiger partial charge < -0.3 is 10.0 Å². The lowest BCUT2D eigenvalue weighted by atomic mass is 9.98. The molecule has 0 bridgehead atoms. The van der Waals surface area contributed by atoms with Gasteiger partial charge in [0, 0.05) is 19.6 Å². The largest absolute Gasteiger partial charge is 0.387 e. The number of rotatable bonds is 2. The molecule has 2 rings (SSSR count). The van der Waals surface area contributed by atoms with Crippen LogP contribution in [0, 0.1) is 6.92 Å². The zero-order valence-electron chi connectivity index (χ0n) is 10.9. The average molecular weight is 234 g/mol. The molecule has 1 heterocycles. The van der Waals surface area contributed by atoms with Crippen molar-refractivity contribution in [3.05, 3.63) is 35.4 Å². The molecule has 1 saturated heterocycles. The van der Waals surface area contributed by atoms with Crippen molar-refractivity contribution in [2.75, 3.05) is 33.7 Å². The molecule has 0 aliphatic carbocycles. The number of nitrogens with zero attached hydrogens (tertiary/aromatic N) is 2. The second-order valence-corrected chi connectivity index (χ2v) is 5.17. The fourth-order valence-corrected chi connectivity index (χ4v) is 2.46. The minimum atomic E-state index is -0.400. The summed E-state index contributed by atoms with van der Waals surface area (Å²) >= 11 is 0. The van der Waals surface area contributed by atoms with Gasteiger partial charge in [0.1, 0.15) is 0 Å². The predicted molar refractivity (Wildman–Crippen MR) is 70.1 cm³/mol. The maximum Gasteiger partial charge on any atom is 0.0957 e. The van der Waals surface area contributed by atoms with Crippen LogP contribution in [0.4, 0.5) is 0 Å². The van der Waals surface area contributed by atoms with Gasteiger partial charge in [-0.2, -0.15) is 0 Å². The van der Waals surface area contributed by atoms with Crippen LogP contribution >= 0.6 is 0 Å². The number of aliphatic hydroxyl groups is 1. The summed E-state index contributed by atoms with van der Waals surface area (Å²) < 4.78 is 0. The predicted octanol–water partition coefficient (Wildman–Crippen LogP) is 1.27. The summed E-state index contributed by atoms with van der Waals surface area (Å²) in [5, 5.41) is 10.5. The lowest BCUT2D eigenvalue weighted by molar-refractivity contribution is 0.0138. The van der Waals surface area contributed by atoms with E-state index in [4.69, 9.17) is 0 Å². The third-order valence-corrected chi connectivity index (χ3v) is 3.65. The van der Waals surface area contributed by atoms with Crippen LogP contribution in [-0.2, 0) is 0 Å². The fraction of sp³-hybridized carbons (Fsp3) is 0.571. The Morgan fingerprint density at radius 2 is 2.06 bits per heavy atom. The number of benzene rings is 1. The number of hydrogen-bond acceptors (Lipinski definition) is 3. The number of hydrogen-bond donors (Lipinski definition) is 1. The van der Waals surface area contributed by atoms with E-state index in [0.29, 0.717) is 0 Å². The summed E-state index contributed by atoms with van der Waals surface area (Å²) in [5.41, 5.74) is 2.23. The molecule has 17 heavy (non-hydrogen) atoms. The Morgan fingerprint density at radius 1 is 1.29 bits per heavy atom. The Kier molecular flexibility index (Phi) is 3.82. The number of aryl methyl sites for hydroxylation is 1. The van der Waals surface area contributed by atoms with Crippen molar-refractivity contribution in [2.45, 2.75) is 19.1 Å². The average Bonchev–Trinajstić information content (AvgIpc) is 2.31. The van der Waals surface area contributed by atoms with Gasteiger partial charge in [0.15, 0.2) is 0 Å². The first-order valence-corrected chi connectivity index (χ1v) is 6.21. The molecule has 0 aromatic heterocycles. The van der Waals surface area contributed by atoms with Crippen molar-refractivity contribution in [3.8, 4) is 0 Å². The van der Waals surface area contributed by atoms with Gasteiger partial charge in [-0.25, -0.2) is 0 Å². The van der Waals surface area contributed by atoms with Gasteiger partial charge in [0.2, 0.25) is 0 Å². The fourth-order valence-electron chi connectivity index (χ4n) is 2.46. The van der Waals surface area contributed by atoms with E-state index in [1.807, 2.05) is 12.1 Å². The van der Waals surface area contributed by atoms with E-state index < -0.39 is 6.10 Å². The number of piperazine rings is 1. The van der Waals surface area contributed by atoms with Crippen LogP contribution in [0.25, 0.3) is 0 Å². The van der Waals surface area contributed by atoms with E-state index in [2.05, 4.69) is 43.0 Å². The van der Waals surface area contributed by atoms with Crippen LogP contribution < -0.4 is 0 Å². The van der Waals surface area contributed by atoms with E-state index in [1.165, 1.54) is 5.56 Å². The molecular formula is C14H22N2O. The summed E-state index contributed by atoms with van der Waals surface area (Å²) in [6.45, 7) is 5.08. The van der Waals surface area contributed by atoms with Crippen molar-refractivity contribution in [1.29, 1.82) is 0 Å². The summed E-state index contributed by atoms with van der Waals surface area (Å²) in [4.78, 5) is 4.54. The molecule has 3 heteroatoms. The topological polar surface area (TPSA) is 26.7 Å². The molecule has 0 amide bonds. The highest BCUT2D eigenvalue weighted by molar-refractivity contribution is 5.25. The normalized spacial score (nSPS) is 24.8. The first-order chi connectivity index (χ1) is 8.08. The quantitative estimate of drug-likeness (QED) is 0.835. The van der Waals surface area contributed by atoms with Gasteiger partial charge >= 0.3 is 0 Å². The monoisotopic (exact) mass is 234 g/mol. The lowest BCUT2D eigenvalue weighted by Gasteiger charge is -2.40. The molecular weight excluding hydrogens is 212 g/mol. The van der Waals surface area contributed by atoms with Gasteiger partial charge in [-0.05, 0) is 26.6 Å². The summed E-state index contributed by atoms with van der Waals surface area (Å²) in [5.74, 6) is 0. The zero-order valence-corrected chi connectivity index (χ0v) is 10.9. The minimum absolute atomic E-state index is 0.190. The SMILES string of the molecule is Cc1cccc(C(O)C2CN(C)CCN2C)c1. The van der Waals surface area contributed by atoms with E-state index in [1.54, 1.807) is 0 Å². The molecule has 3 nitrogen and oxygen atoms in total. The minimum Gasteiger partial charge on any atom is -0.387 e. The van der Waals surface area contributed by atoms with Crippen molar-refractivity contribution >= 4 is 0 Å². The Hall–Kier alpha value is -0.900. The molecule has 1 fully saturated rings. The third kappa shape index (κ3) is 2.86. The lowest BCUT2D eigenvalue weighted by Crippen LogP contribution is -2.52. The zero-order chi connectivity index (χ0) is 12.4. The Labute approximate surface area is 104 Å². The molecule has 94 valence electrons. The molecule has 0 radical (unpaired) electrons. The van der Waals surface area contributed by atoms with Crippen LogP contribution in [0.15, 0.2) is 24.3 Å². The molecule has 1 aromatic carbocycles. The van der Waals surface area contributed by atoms with Crippen LogP contribution in [0.5, 0.6) is 0 Å². The Bertz CT molecular complexity index is 380. The molecule has 1 N–H and O–H groups in total. The van der Waals surface area contributed by atoms with Gasteiger partial charge in [0.25, 0.3) is 0 Å².